The molecule has 0 aliphatic heterocycles. The first-order valence-corrected chi connectivity index (χ1v) is 7.12. The van der Waals surface area contributed by atoms with Gasteiger partial charge in [0.25, 0.3) is 0 Å². The van der Waals surface area contributed by atoms with Gasteiger partial charge in [-0.1, -0.05) is 12.1 Å². The molecule has 98 valence electrons. The number of carbonyl (C=O) groups excluding carboxylic acids is 2. The normalized spacial score (nSPS) is 11.2. The van der Waals surface area contributed by atoms with E-state index in [0.29, 0.717) is 5.56 Å². The summed E-state index contributed by atoms with van der Waals surface area (Å²) < 4.78 is 22.9. The second-order valence-electron chi connectivity index (χ2n) is 4.22. The van der Waals surface area contributed by atoms with E-state index in [0.717, 1.165) is 11.1 Å². The van der Waals surface area contributed by atoms with Crippen molar-refractivity contribution in [1.29, 1.82) is 0 Å². The van der Waals surface area contributed by atoms with Crippen molar-refractivity contribution in [2.45, 2.75) is 13.8 Å². The standard InChI is InChI=1S/C12H15NO4S/c1-8-3-4-10(5-9(8)2)11(14)6-18(16,17)7-12(13)15/h3-5H,6-7H2,1-2H3,(H2,13,15). The molecule has 5 nitrogen and oxygen atoms in total. The average Bonchev–Trinajstić information content (AvgIpc) is 2.19. The van der Waals surface area contributed by atoms with E-state index in [9.17, 15) is 18.0 Å². The highest BCUT2D eigenvalue weighted by Crippen LogP contribution is 2.11. The van der Waals surface area contributed by atoms with Crippen molar-refractivity contribution in [1.82, 2.24) is 0 Å². The maximum absolute atomic E-state index is 11.8. The van der Waals surface area contributed by atoms with E-state index in [-0.39, 0.29) is 0 Å². The number of nitrogens with two attached hydrogens (primary N) is 1. The van der Waals surface area contributed by atoms with Crippen molar-refractivity contribution in [2.24, 2.45) is 5.73 Å². The summed E-state index contributed by atoms with van der Waals surface area (Å²) in [4.78, 5) is 22.3. The molecule has 0 bridgehead atoms. The number of amides is 1. The Morgan fingerprint density at radius 2 is 1.72 bits per heavy atom. The molecule has 0 radical (unpaired) electrons. The predicted octanol–water partition coefficient (Wildman–Crippen LogP) is 0.386. The Morgan fingerprint density at radius 1 is 1.11 bits per heavy atom. The molecule has 0 saturated heterocycles. The minimum atomic E-state index is -3.78. The molecule has 0 heterocycles. The Bertz CT molecular complexity index is 590. The zero-order valence-electron chi connectivity index (χ0n) is 10.3. The summed E-state index contributed by atoms with van der Waals surface area (Å²) >= 11 is 0. The number of rotatable bonds is 5. The molecule has 0 saturated carbocycles. The fraction of sp³-hybridized carbons (Fsp3) is 0.333. The van der Waals surface area contributed by atoms with Crippen molar-refractivity contribution in [2.75, 3.05) is 11.5 Å². The SMILES string of the molecule is Cc1ccc(C(=O)CS(=O)(=O)CC(N)=O)cc1C. The van der Waals surface area contributed by atoms with Crippen LogP contribution in [0.4, 0.5) is 0 Å². The maximum Gasteiger partial charge on any atom is 0.232 e. The van der Waals surface area contributed by atoms with E-state index >= 15 is 0 Å². The molecular formula is C12H15NO4S. The van der Waals surface area contributed by atoms with E-state index in [2.05, 4.69) is 0 Å². The van der Waals surface area contributed by atoms with Crippen LogP contribution in [0.3, 0.4) is 0 Å². The lowest BCUT2D eigenvalue weighted by molar-refractivity contribution is -0.115. The highest BCUT2D eigenvalue weighted by Gasteiger charge is 2.20. The van der Waals surface area contributed by atoms with E-state index in [1.54, 1.807) is 18.2 Å². The van der Waals surface area contributed by atoms with Crippen LogP contribution in [0.1, 0.15) is 21.5 Å². The van der Waals surface area contributed by atoms with Crippen molar-refractivity contribution < 1.29 is 18.0 Å². The molecule has 2 N–H and O–H groups in total. The van der Waals surface area contributed by atoms with Crippen LogP contribution in [0.5, 0.6) is 0 Å². The summed E-state index contributed by atoms with van der Waals surface area (Å²) in [7, 11) is -3.78. The van der Waals surface area contributed by atoms with Crippen LogP contribution in [-0.2, 0) is 14.6 Å². The molecule has 6 heteroatoms. The van der Waals surface area contributed by atoms with Crippen LogP contribution in [0.15, 0.2) is 18.2 Å². The summed E-state index contributed by atoms with van der Waals surface area (Å²) in [5.41, 5.74) is 7.06. The fourth-order valence-corrected chi connectivity index (χ4v) is 2.57. The topological polar surface area (TPSA) is 94.3 Å². The number of aryl methyl sites for hydroxylation is 2. The Morgan fingerprint density at radius 3 is 2.22 bits per heavy atom. The largest absolute Gasteiger partial charge is 0.369 e. The van der Waals surface area contributed by atoms with Crippen molar-refractivity contribution in [3.63, 3.8) is 0 Å². The molecule has 0 aliphatic carbocycles. The average molecular weight is 269 g/mol. The number of hydrogen-bond acceptors (Lipinski definition) is 4. The van der Waals surface area contributed by atoms with Gasteiger partial charge in [0.2, 0.25) is 5.91 Å². The smallest absolute Gasteiger partial charge is 0.232 e. The van der Waals surface area contributed by atoms with E-state index in [1.165, 1.54) is 0 Å². The number of carbonyl (C=O) groups is 2. The lowest BCUT2D eigenvalue weighted by atomic mass is 10.0. The number of benzene rings is 1. The number of ketones is 1. The highest BCUT2D eigenvalue weighted by molar-refractivity contribution is 7.92. The molecule has 0 atom stereocenters. The first-order valence-electron chi connectivity index (χ1n) is 5.30. The van der Waals surface area contributed by atoms with E-state index in [4.69, 9.17) is 5.73 Å². The minimum Gasteiger partial charge on any atom is -0.369 e. The van der Waals surface area contributed by atoms with Gasteiger partial charge in [0.05, 0.1) is 0 Å². The number of primary amides is 1. The Hall–Kier alpha value is -1.69. The summed E-state index contributed by atoms with van der Waals surface area (Å²) in [5, 5.41) is 0. The minimum absolute atomic E-state index is 0.325. The van der Waals surface area contributed by atoms with Gasteiger partial charge in [-0.05, 0) is 31.0 Å². The molecule has 0 fully saturated rings. The summed E-state index contributed by atoms with van der Waals surface area (Å²) in [5.74, 6) is -2.98. The van der Waals surface area contributed by atoms with Gasteiger partial charge >= 0.3 is 0 Å². The van der Waals surface area contributed by atoms with Gasteiger partial charge in [-0.15, -0.1) is 0 Å². The third-order valence-corrected chi connectivity index (χ3v) is 3.97. The van der Waals surface area contributed by atoms with Crippen LogP contribution >= 0.6 is 0 Å². The number of sulfone groups is 1. The molecule has 0 aromatic heterocycles. The monoisotopic (exact) mass is 269 g/mol. The Balaban J connectivity index is 2.89. The lowest BCUT2D eigenvalue weighted by Crippen LogP contribution is -2.28. The summed E-state index contributed by atoms with van der Waals surface area (Å²) in [6.45, 7) is 3.73. The molecule has 1 aromatic carbocycles. The number of Topliss-reactive ketones (excluding diaryl/α,β-unsaturated/α-hetero) is 1. The van der Waals surface area contributed by atoms with Crippen LogP contribution in [0.2, 0.25) is 0 Å². The van der Waals surface area contributed by atoms with Crippen molar-refractivity contribution in [3.05, 3.63) is 34.9 Å². The van der Waals surface area contributed by atoms with Gasteiger partial charge < -0.3 is 5.73 Å². The molecule has 1 rings (SSSR count). The first kappa shape index (κ1) is 14.4. The quantitative estimate of drug-likeness (QED) is 0.782. The molecule has 1 aromatic rings. The van der Waals surface area contributed by atoms with Crippen molar-refractivity contribution >= 4 is 21.5 Å². The fourth-order valence-electron chi connectivity index (χ4n) is 1.47. The van der Waals surface area contributed by atoms with Gasteiger partial charge in [-0.3, -0.25) is 9.59 Å². The third-order valence-electron chi connectivity index (χ3n) is 2.54. The summed E-state index contributed by atoms with van der Waals surface area (Å²) in [6, 6.07) is 4.96. The van der Waals surface area contributed by atoms with Gasteiger partial charge in [-0.25, -0.2) is 8.42 Å². The summed E-state index contributed by atoms with van der Waals surface area (Å²) in [6.07, 6.45) is 0. The zero-order chi connectivity index (χ0) is 13.9. The Kier molecular flexibility index (Phi) is 4.24. The molecule has 1 amide bonds. The maximum atomic E-state index is 11.8. The van der Waals surface area contributed by atoms with E-state index in [1.807, 2.05) is 13.8 Å². The highest BCUT2D eigenvalue weighted by atomic mass is 32.2. The first-order chi connectivity index (χ1) is 8.21. The van der Waals surface area contributed by atoms with Crippen LogP contribution < -0.4 is 5.73 Å². The molecule has 0 spiro atoms. The van der Waals surface area contributed by atoms with Gasteiger partial charge in [0.1, 0.15) is 11.5 Å². The molecule has 0 aliphatic rings. The van der Waals surface area contributed by atoms with Gasteiger partial charge in [-0.2, -0.15) is 0 Å². The lowest BCUT2D eigenvalue weighted by Gasteiger charge is -2.05. The van der Waals surface area contributed by atoms with Crippen LogP contribution in [-0.4, -0.2) is 31.6 Å². The molecule has 18 heavy (non-hydrogen) atoms. The number of hydrogen-bond donors (Lipinski definition) is 1. The predicted molar refractivity (Wildman–Crippen MR) is 68.1 cm³/mol. The second kappa shape index (κ2) is 5.30. The van der Waals surface area contributed by atoms with E-state index < -0.39 is 33.0 Å². The molecule has 0 unspecified atom stereocenters. The molecular weight excluding hydrogens is 254 g/mol. The van der Waals surface area contributed by atoms with Crippen LogP contribution in [0.25, 0.3) is 0 Å². The zero-order valence-corrected chi connectivity index (χ0v) is 11.1. The van der Waals surface area contributed by atoms with Crippen LogP contribution in [0, 0.1) is 13.8 Å². The Labute approximate surface area is 106 Å². The van der Waals surface area contributed by atoms with Crippen molar-refractivity contribution in [3.8, 4) is 0 Å². The van der Waals surface area contributed by atoms with Gasteiger partial charge in [0, 0.05) is 5.56 Å². The third kappa shape index (κ3) is 3.96. The van der Waals surface area contributed by atoms with Gasteiger partial charge in [0.15, 0.2) is 15.6 Å². The second-order valence-corrected chi connectivity index (χ2v) is 6.29.